The molecular formula is C29H37N7O6S. The molecule has 4 rings (SSSR count). The number of piperazine rings is 1. The second-order valence-corrected chi connectivity index (χ2v) is 11.6. The molecule has 1 saturated heterocycles. The van der Waals surface area contributed by atoms with Gasteiger partial charge in [0.05, 0.1) is 6.26 Å². The highest BCUT2D eigenvalue weighted by Gasteiger charge is 2.22. The Bertz CT molecular complexity index is 1550. The summed E-state index contributed by atoms with van der Waals surface area (Å²) >= 11 is 0. The minimum absolute atomic E-state index is 0.0243. The molecule has 1 aliphatic rings. The fraction of sp³-hybridized carbons (Fsp3) is 0.310. The Labute approximate surface area is 251 Å². The van der Waals surface area contributed by atoms with Crippen LogP contribution in [-0.4, -0.2) is 79.1 Å². The number of carbonyl (C=O) groups is 2. The monoisotopic (exact) mass is 611 g/mol. The molecule has 1 aliphatic heterocycles. The van der Waals surface area contributed by atoms with Crippen LogP contribution in [0.25, 0.3) is 0 Å². The van der Waals surface area contributed by atoms with Crippen LogP contribution in [0.3, 0.4) is 0 Å². The molecule has 230 valence electrons. The number of hydrogen-bond donors (Lipinski definition) is 4. The van der Waals surface area contributed by atoms with E-state index in [9.17, 15) is 18.0 Å². The minimum Gasteiger partial charge on any atom is -0.437 e. The molecule has 0 unspecified atom stereocenters. The largest absolute Gasteiger partial charge is 0.437 e. The van der Waals surface area contributed by atoms with Crippen LogP contribution in [-0.2, 0) is 14.9 Å². The van der Waals surface area contributed by atoms with Gasteiger partial charge in [-0.3, -0.25) is 14.1 Å². The van der Waals surface area contributed by atoms with Gasteiger partial charge < -0.3 is 30.9 Å². The third kappa shape index (κ3) is 10.4. The molecule has 2 amide bonds. The van der Waals surface area contributed by atoms with E-state index in [1.807, 2.05) is 38.1 Å². The van der Waals surface area contributed by atoms with Crippen molar-refractivity contribution in [2.75, 3.05) is 55.0 Å². The van der Waals surface area contributed by atoms with Crippen LogP contribution in [0.5, 0.6) is 11.6 Å². The van der Waals surface area contributed by atoms with E-state index in [-0.39, 0.29) is 29.2 Å². The molecule has 2 heterocycles. The van der Waals surface area contributed by atoms with Crippen LogP contribution in [0.15, 0.2) is 61.2 Å². The Hall–Kier alpha value is -4.53. The third-order valence-corrected chi connectivity index (χ3v) is 6.17. The normalized spacial score (nSPS) is 13.5. The number of benzene rings is 2. The molecule has 2 aromatic carbocycles. The van der Waals surface area contributed by atoms with Crippen molar-refractivity contribution >= 4 is 44.8 Å². The quantitative estimate of drug-likeness (QED) is 0.205. The first-order chi connectivity index (χ1) is 20.2. The van der Waals surface area contributed by atoms with Crippen LogP contribution >= 0.6 is 0 Å². The molecule has 43 heavy (non-hydrogen) atoms. The zero-order chi connectivity index (χ0) is 31.7. The van der Waals surface area contributed by atoms with Crippen molar-refractivity contribution in [3.63, 3.8) is 0 Å². The minimum atomic E-state index is -3.67. The summed E-state index contributed by atoms with van der Waals surface area (Å²) in [5.74, 6) is -0.264. The lowest BCUT2D eigenvalue weighted by molar-refractivity contribution is -0.111. The Balaban J connectivity index is 0.000000934. The van der Waals surface area contributed by atoms with E-state index < -0.39 is 16.0 Å². The van der Waals surface area contributed by atoms with Crippen molar-refractivity contribution in [2.45, 2.75) is 19.8 Å². The average Bonchev–Trinajstić information content (AvgIpc) is 2.93. The molecule has 0 saturated carbocycles. The van der Waals surface area contributed by atoms with E-state index in [2.05, 4.69) is 44.0 Å². The van der Waals surface area contributed by atoms with Crippen molar-refractivity contribution in [3.05, 3.63) is 72.6 Å². The van der Waals surface area contributed by atoms with Crippen molar-refractivity contribution in [1.82, 2.24) is 14.9 Å². The number of nitrogens with two attached hydrogens (primary N) is 1. The lowest BCUT2D eigenvalue weighted by Gasteiger charge is -2.34. The average molecular weight is 612 g/mol. The van der Waals surface area contributed by atoms with Crippen LogP contribution in [0.1, 0.15) is 35.9 Å². The number of aromatic nitrogens is 2. The lowest BCUT2D eigenvalue weighted by Crippen LogP contribution is -2.44. The van der Waals surface area contributed by atoms with Crippen molar-refractivity contribution in [3.8, 4) is 11.6 Å². The number of hydrogen-bond acceptors (Lipinski definition) is 10. The SMILES string of the molecule is C=CC(=O)Nc1cccc(Oc2nc(Nc3ccc(N4CCN(C)CC4)cc3)c(C(N)=O)nc2C(C)C)c1.CS(=O)(=O)O. The number of rotatable bonds is 9. The maximum atomic E-state index is 12.3. The van der Waals surface area contributed by atoms with Gasteiger partial charge in [0, 0.05) is 55.2 Å². The number of anilines is 4. The van der Waals surface area contributed by atoms with Crippen LogP contribution < -0.4 is 26.0 Å². The molecule has 5 N–H and O–H groups in total. The molecule has 3 aromatic rings. The smallest absolute Gasteiger partial charge is 0.271 e. The second kappa shape index (κ2) is 14.6. The Morgan fingerprint density at radius 2 is 1.70 bits per heavy atom. The first-order valence-corrected chi connectivity index (χ1v) is 15.2. The standard InChI is InChI=1S/C28H33N7O3.CH4O3S/c1-5-23(36)30-20-7-6-8-22(17-20)38-28-24(18(2)3)32-25(26(29)37)27(33-28)31-19-9-11-21(12-10-19)35-15-13-34(4)14-16-35;1-5(2,3)4/h5-12,17-18H,1,13-16H2,2-4H3,(H2,29,37)(H,30,36)(H,31,33);1H3,(H,2,3,4). The predicted molar refractivity (Wildman–Crippen MR) is 167 cm³/mol. The maximum Gasteiger partial charge on any atom is 0.271 e. The molecule has 14 heteroatoms. The van der Waals surface area contributed by atoms with Gasteiger partial charge in [-0.2, -0.15) is 13.4 Å². The molecule has 13 nitrogen and oxygen atoms in total. The third-order valence-electron chi connectivity index (χ3n) is 6.17. The van der Waals surface area contributed by atoms with Crippen LogP contribution in [0, 0.1) is 0 Å². The number of nitrogens with one attached hydrogen (secondary N) is 2. The van der Waals surface area contributed by atoms with Crippen molar-refractivity contribution in [1.29, 1.82) is 0 Å². The highest BCUT2D eigenvalue weighted by molar-refractivity contribution is 7.85. The Morgan fingerprint density at radius 1 is 1.07 bits per heavy atom. The van der Waals surface area contributed by atoms with E-state index in [0.29, 0.717) is 23.4 Å². The highest BCUT2D eigenvalue weighted by Crippen LogP contribution is 2.32. The molecule has 0 atom stereocenters. The maximum absolute atomic E-state index is 12.3. The van der Waals surface area contributed by atoms with Gasteiger partial charge in [0.15, 0.2) is 11.5 Å². The molecule has 0 aliphatic carbocycles. The first kappa shape index (κ1) is 33.0. The van der Waals surface area contributed by atoms with Gasteiger partial charge in [-0.05, 0) is 49.5 Å². The summed E-state index contributed by atoms with van der Waals surface area (Å²) in [6.07, 6.45) is 1.90. The van der Waals surface area contributed by atoms with Crippen LogP contribution in [0.4, 0.5) is 22.9 Å². The number of carbonyl (C=O) groups excluding carboxylic acids is 2. The topological polar surface area (TPSA) is 180 Å². The number of ether oxygens (including phenoxy) is 1. The van der Waals surface area contributed by atoms with Gasteiger partial charge in [-0.25, -0.2) is 4.98 Å². The van der Waals surface area contributed by atoms with E-state index in [1.165, 1.54) is 6.08 Å². The van der Waals surface area contributed by atoms with Gasteiger partial charge in [-0.1, -0.05) is 26.5 Å². The Morgan fingerprint density at radius 3 is 2.26 bits per heavy atom. The number of likely N-dealkylation sites (N-methyl/N-ethyl adjacent to an activating group) is 1. The molecule has 0 spiro atoms. The highest BCUT2D eigenvalue weighted by atomic mass is 32.2. The summed E-state index contributed by atoms with van der Waals surface area (Å²) in [4.78, 5) is 37.8. The second-order valence-electron chi connectivity index (χ2n) is 10.1. The summed E-state index contributed by atoms with van der Waals surface area (Å²) < 4.78 is 32.0. The fourth-order valence-electron chi connectivity index (χ4n) is 4.04. The Kier molecular flexibility index (Phi) is 11.2. The van der Waals surface area contributed by atoms with E-state index >= 15 is 0 Å². The molecule has 0 radical (unpaired) electrons. The molecule has 0 bridgehead atoms. The van der Waals surface area contributed by atoms with Gasteiger partial charge in [0.2, 0.25) is 11.8 Å². The van der Waals surface area contributed by atoms with Gasteiger partial charge in [0.25, 0.3) is 16.0 Å². The zero-order valence-electron chi connectivity index (χ0n) is 24.6. The van der Waals surface area contributed by atoms with Gasteiger partial charge in [-0.15, -0.1) is 0 Å². The first-order valence-electron chi connectivity index (χ1n) is 13.4. The number of nitrogens with zero attached hydrogens (tertiary/aromatic N) is 4. The van der Waals surface area contributed by atoms with Crippen molar-refractivity contribution < 1.29 is 27.3 Å². The van der Waals surface area contributed by atoms with Crippen LogP contribution in [0.2, 0.25) is 0 Å². The summed E-state index contributed by atoms with van der Waals surface area (Å²) in [7, 11) is -1.54. The predicted octanol–water partition coefficient (Wildman–Crippen LogP) is 3.62. The fourth-order valence-corrected chi connectivity index (χ4v) is 4.04. The van der Waals surface area contributed by atoms with E-state index in [4.69, 9.17) is 15.0 Å². The molecule has 1 aromatic heterocycles. The zero-order valence-corrected chi connectivity index (χ0v) is 25.4. The molecular weight excluding hydrogens is 574 g/mol. The lowest BCUT2D eigenvalue weighted by atomic mass is 10.1. The summed E-state index contributed by atoms with van der Waals surface area (Å²) in [6, 6.07) is 14.8. The van der Waals surface area contributed by atoms with E-state index in [0.717, 1.165) is 37.6 Å². The van der Waals surface area contributed by atoms with Crippen molar-refractivity contribution in [2.24, 2.45) is 5.73 Å². The summed E-state index contributed by atoms with van der Waals surface area (Å²) in [6.45, 7) is 11.3. The summed E-state index contributed by atoms with van der Waals surface area (Å²) in [5, 5.41) is 5.88. The van der Waals surface area contributed by atoms with E-state index in [1.54, 1.807) is 24.3 Å². The van der Waals surface area contributed by atoms with Gasteiger partial charge >= 0.3 is 0 Å². The number of amides is 2. The number of primary amides is 1. The van der Waals surface area contributed by atoms with Gasteiger partial charge in [0.1, 0.15) is 11.4 Å². The summed E-state index contributed by atoms with van der Waals surface area (Å²) in [5.41, 5.74) is 8.58. The molecule has 1 fully saturated rings.